The van der Waals surface area contributed by atoms with Gasteiger partial charge in [-0.2, -0.15) is 0 Å². The Bertz CT molecular complexity index is 520. The van der Waals surface area contributed by atoms with E-state index in [0.717, 1.165) is 5.69 Å². The van der Waals surface area contributed by atoms with Crippen LogP contribution >= 0.6 is 0 Å². The number of rotatable bonds is 4. The fraction of sp³-hybridized carbons (Fsp3) is 0.0833. The van der Waals surface area contributed by atoms with Gasteiger partial charge in [-0.25, -0.2) is 0 Å². The molecule has 1 amide bonds. The standard InChI is InChI=1S/C12H11N3O2/c16-8-10-4-5-11(15-10)12(17)14-7-9-3-1-2-6-13-9/h1-6,8,15H,7H2,(H,14,17). The van der Waals surface area contributed by atoms with Crippen LogP contribution in [-0.2, 0) is 6.54 Å². The second-order valence-electron chi connectivity index (χ2n) is 3.45. The quantitative estimate of drug-likeness (QED) is 0.772. The number of nitrogens with zero attached hydrogens (tertiary/aromatic N) is 1. The summed E-state index contributed by atoms with van der Waals surface area (Å²) in [4.78, 5) is 28.9. The van der Waals surface area contributed by atoms with Gasteiger partial charge in [0.15, 0.2) is 6.29 Å². The average Bonchev–Trinajstić information content (AvgIpc) is 2.86. The Morgan fingerprint density at radius 3 is 2.88 bits per heavy atom. The molecule has 2 rings (SSSR count). The van der Waals surface area contributed by atoms with E-state index in [-0.39, 0.29) is 5.91 Å². The lowest BCUT2D eigenvalue weighted by atomic mass is 10.3. The zero-order chi connectivity index (χ0) is 12.1. The van der Waals surface area contributed by atoms with Crippen LogP contribution in [0.25, 0.3) is 0 Å². The first-order valence-electron chi connectivity index (χ1n) is 5.12. The Balaban J connectivity index is 1.96. The van der Waals surface area contributed by atoms with Crippen molar-refractivity contribution < 1.29 is 9.59 Å². The van der Waals surface area contributed by atoms with Crippen LogP contribution in [-0.4, -0.2) is 22.2 Å². The normalized spacial score (nSPS) is 9.88. The predicted octanol–water partition coefficient (Wildman–Crippen LogP) is 1.15. The highest BCUT2D eigenvalue weighted by Gasteiger charge is 2.07. The molecule has 0 aliphatic heterocycles. The lowest BCUT2D eigenvalue weighted by molar-refractivity contribution is 0.0946. The van der Waals surface area contributed by atoms with E-state index in [4.69, 9.17) is 0 Å². The summed E-state index contributed by atoms with van der Waals surface area (Å²) in [5, 5.41) is 2.70. The predicted molar refractivity (Wildman–Crippen MR) is 61.6 cm³/mol. The number of pyridine rings is 1. The molecule has 17 heavy (non-hydrogen) atoms. The Morgan fingerprint density at radius 2 is 2.24 bits per heavy atom. The fourth-order valence-electron chi connectivity index (χ4n) is 1.38. The van der Waals surface area contributed by atoms with E-state index < -0.39 is 0 Å². The molecule has 0 aromatic carbocycles. The van der Waals surface area contributed by atoms with Crippen LogP contribution in [0.1, 0.15) is 26.7 Å². The number of carbonyl (C=O) groups excluding carboxylic acids is 2. The first-order chi connectivity index (χ1) is 8.29. The molecule has 2 heterocycles. The second kappa shape index (κ2) is 5.07. The lowest BCUT2D eigenvalue weighted by Crippen LogP contribution is -2.23. The Labute approximate surface area is 97.9 Å². The molecule has 86 valence electrons. The van der Waals surface area contributed by atoms with Crippen molar-refractivity contribution in [3.05, 3.63) is 53.6 Å². The van der Waals surface area contributed by atoms with Crippen molar-refractivity contribution in [1.82, 2.24) is 15.3 Å². The van der Waals surface area contributed by atoms with Crippen LogP contribution in [0.5, 0.6) is 0 Å². The number of aromatic nitrogens is 2. The molecule has 0 bridgehead atoms. The third kappa shape index (κ3) is 2.78. The molecule has 5 nitrogen and oxygen atoms in total. The minimum Gasteiger partial charge on any atom is -0.348 e. The van der Waals surface area contributed by atoms with Crippen molar-refractivity contribution in [3.8, 4) is 0 Å². The van der Waals surface area contributed by atoms with Gasteiger partial charge in [0.25, 0.3) is 5.91 Å². The molecule has 0 atom stereocenters. The number of nitrogens with one attached hydrogen (secondary N) is 2. The van der Waals surface area contributed by atoms with E-state index in [2.05, 4.69) is 15.3 Å². The molecule has 0 aliphatic rings. The monoisotopic (exact) mass is 229 g/mol. The van der Waals surface area contributed by atoms with Crippen molar-refractivity contribution in [1.29, 1.82) is 0 Å². The summed E-state index contributed by atoms with van der Waals surface area (Å²) in [5.74, 6) is -0.260. The van der Waals surface area contributed by atoms with Gasteiger partial charge in [0, 0.05) is 6.20 Å². The number of hydrogen-bond acceptors (Lipinski definition) is 3. The lowest BCUT2D eigenvalue weighted by Gasteiger charge is -2.02. The highest BCUT2D eigenvalue weighted by molar-refractivity contribution is 5.93. The van der Waals surface area contributed by atoms with Crippen LogP contribution < -0.4 is 5.32 Å². The van der Waals surface area contributed by atoms with Gasteiger partial charge in [0.2, 0.25) is 0 Å². The molecule has 0 saturated heterocycles. The molecule has 0 spiro atoms. The van der Waals surface area contributed by atoms with Crippen molar-refractivity contribution in [3.63, 3.8) is 0 Å². The molecular weight excluding hydrogens is 218 g/mol. The van der Waals surface area contributed by atoms with Gasteiger partial charge in [0.05, 0.1) is 17.9 Å². The van der Waals surface area contributed by atoms with Crippen LogP contribution in [0.2, 0.25) is 0 Å². The number of aldehydes is 1. The van der Waals surface area contributed by atoms with Gasteiger partial charge in [-0.1, -0.05) is 6.07 Å². The third-order valence-electron chi connectivity index (χ3n) is 2.24. The van der Waals surface area contributed by atoms with Gasteiger partial charge >= 0.3 is 0 Å². The van der Waals surface area contributed by atoms with Crippen LogP contribution in [0.4, 0.5) is 0 Å². The van der Waals surface area contributed by atoms with Crippen molar-refractivity contribution in [2.24, 2.45) is 0 Å². The molecule has 2 N–H and O–H groups in total. The van der Waals surface area contributed by atoms with Crippen LogP contribution in [0, 0.1) is 0 Å². The Morgan fingerprint density at radius 1 is 1.35 bits per heavy atom. The maximum Gasteiger partial charge on any atom is 0.268 e. The van der Waals surface area contributed by atoms with Crippen LogP contribution in [0.3, 0.4) is 0 Å². The highest BCUT2D eigenvalue weighted by atomic mass is 16.2. The SMILES string of the molecule is O=Cc1ccc(C(=O)NCc2ccccn2)[nH]1. The number of hydrogen-bond donors (Lipinski definition) is 2. The number of carbonyl (C=O) groups is 2. The first-order valence-corrected chi connectivity index (χ1v) is 5.12. The molecule has 2 aromatic rings. The summed E-state index contributed by atoms with van der Waals surface area (Å²) < 4.78 is 0. The molecule has 0 unspecified atom stereocenters. The average molecular weight is 229 g/mol. The Hall–Kier alpha value is -2.43. The van der Waals surface area contributed by atoms with E-state index in [0.29, 0.717) is 24.2 Å². The van der Waals surface area contributed by atoms with Gasteiger partial charge in [0.1, 0.15) is 5.69 Å². The maximum atomic E-state index is 11.7. The Kier molecular flexibility index (Phi) is 3.30. The van der Waals surface area contributed by atoms with E-state index in [1.54, 1.807) is 18.3 Å². The second-order valence-corrected chi connectivity index (χ2v) is 3.45. The van der Waals surface area contributed by atoms with E-state index >= 15 is 0 Å². The molecular formula is C12H11N3O2. The van der Waals surface area contributed by atoms with Crippen molar-refractivity contribution in [2.75, 3.05) is 0 Å². The van der Waals surface area contributed by atoms with E-state index in [9.17, 15) is 9.59 Å². The number of amides is 1. The maximum absolute atomic E-state index is 11.7. The molecule has 0 aliphatic carbocycles. The van der Waals surface area contributed by atoms with Crippen molar-refractivity contribution in [2.45, 2.75) is 6.54 Å². The van der Waals surface area contributed by atoms with Crippen molar-refractivity contribution >= 4 is 12.2 Å². The zero-order valence-electron chi connectivity index (χ0n) is 9.01. The molecule has 2 aromatic heterocycles. The summed E-state index contributed by atoms with van der Waals surface area (Å²) in [6.45, 7) is 0.356. The molecule has 5 heteroatoms. The number of H-pyrrole nitrogens is 1. The van der Waals surface area contributed by atoms with E-state index in [1.807, 2.05) is 18.2 Å². The molecule has 0 radical (unpaired) electrons. The van der Waals surface area contributed by atoms with Crippen LogP contribution in [0.15, 0.2) is 36.5 Å². The molecule has 0 fully saturated rings. The summed E-state index contributed by atoms with van der Waals surface area (Å²) in [5.41, 5.74) is 1.53. The van der Waals surface area contributed by atoms with Gasteiger partial charge in [-0.05, 0) is 24.3 Å². The van der Waals surface area contributed by atoms with Gasteiger partial charge < -0.3 is 10.3 Å². The highest BCUT2D eigenvalue weighted by Crippen LogP contribution is 2.00. The summed E-state index contributed by atoms with van der Waals surface area (Å²) in [7, 11) is 0. The smallest absolute Gasteiger partial charge is 0.268 e. The number of aromatic amines is 1. The summed E-state index contributed by atoms with van der Waals surface area (Å²) in [6.07, 6.45) is 2.33. The third-order valence-corrected chi connectivity index (χ3v) is 2.24. The summed E-state index contributed by atoms with van der Waals surface area (Å²) in [6, 6.07) is 8.62. The fourth-order valence-corrected chi connectivity index (χ4v) is 1.38. The van der Waals surface area contributed by atoms with Gasteiger partial charge in [-0.3, -0.25) is 14.6 Å². The molecule has 0 saturated carbocycles. The zero-order valence-corrected chi connectivity index (χ0v) is 9.01. The summed E-state index contributed by atoms with van der Waals surface area (Å²) >= 11 is 0. The topological polar surface area (TPSA) is 74.8 Å². The minimum atomic E-state index is -0.260. The first kappa shape index (κ1) is 11.1. The minimum absolute atomic E-state index is 0.260. The van der Waals surface area contributed by atoms with E-state index in [1.165, 1.54) is 0 Å². The van der Waals surface area contributed by atoms with Gasteiger partial charge in [-0.15, -0.1) is 0 Å². The largest absolute Gasteiger partial charge is 0.348 e.